The van der Waals surface area contributed by atoms with E-state index >= 15 is 0 Å². The largest absolute Gasteiger partial charge is 0.352 e. The van der Waals surface area contributed by atoms with E-state index < -0.39 is 0 Å². The standard InChI is InChI=1S/C19H23ClN4O/c1-13-9-14(2)23-19(22-13)24-8-4-6-16(12-24)18(25)21-11-15-5-3-7-17(20)10-15/h3,5,7,9-10,16H,4,6,8,11-12H2,1-2H3,(H,21,25). The van der Waals surface area contributed by atoms with Crippen LogP contribution in [-0.2, 0) is 11.3 Å². The molecule has 0 radical (unpaired) electrons. The molecule has 1 amide bonds. The molecule has 5 nitrogen and oxygen atoms in total. The second-order valence-corrected chi connectivity index (χ2v) is 7.02. The molecule has 1 unspecified atom stereocenters. The highest BCUT2D eigenvalue weighted by atomic mass is 35.5. The fraction of sp³-hybridized carbons (Fsp3) is 0.421. The zero-order chi connectivity index (χ0) is 17.8. The minimum absolute atomic E-state index is 0.0441. The number of benzene rings is 1. The Morgan fingerprint density at radius 2 is 2.04 bits per heavy atom. The van der Waals surface area contributed by atoms with Crippen LogP contribution in [0.4, 0.5) is 5.95 Å². The number of aromatic nitrogens is 2. The summed E-state index contributed by atoms with van der Waals surface area (Å²) in [5, 5.41) is 3.71. The Morgan fingerprint density at radius 1 is 1.28 bits per heavy atom. The molecule has 0 spiro atoms. The molecular weight excluding hydrogens is 336 g/mol. The summed E-state index contributed by atoms with van der Waals surface area (Å²) in [6, 6.07) is 9.52. The Balaban J connectivity index is 1.61. The summed E-state index contributed by atoms with van der Waals surface area (Å²) in [6.45, 7) is 5.98. The van der Waals surface area contributed by atoms with Gasteiger partial charge in [0, 0.05) is 36.0 Å². The van der Waals surface area contributed by atoms with Crippen molar-refractivity contribution in [2.24, 2.45) is 5.92 Å². The van der Waals surface area contributed by atoms with Crippen molar-refractivity contribution in [2.45, 2.75) is 33.2 Å². The third kappa shape index (κ3) is 4.69. The van der Waals surface area contributed by atoms with Gasteiger partial charge in [-0.05, 0) is 50.5 Å². The maximum atomic E-state index is 12.6. The normalized spacial score (nSPS) is 17.4. The quantitative estimate of drug-likeness (QED) is 0.911. The van der Waals surface area contributed by atoms with E-state index in [0.29, 0.717) is 18.1 Å². The summed E-state index contributed by atoms with van der Waals surface area (Å²) >= 11 is 5.99. The van der Waals surface area contributed by atoms with Gasteiger partial charge >= 0.3 is 0 Å². The Bertz CT molecular complexity index is 745. The third-order valence-corrected chi connectivity index (χ3v) is 4.64. The number of nitrogens with zero attached hydrogens (tertiary/aromatic N) is 3. The summed E-state index contributed by atoms with van der Waals surface area (Å²) in [4.78, 5) is 23.7. The minimum atomic E-state index is -0.0441. The summed E-state index contributed by atoms with van der Waals surface area (Å²) in [6.07, 6.45) is 1.86. The van der Waals surface area contributed by atoms with Crippen molar-refractivity contribution in [3.8, 4) is 0 Å². The van der Waals surface area contributed by atoms with E-state index in [4.69, 9.17) is 11.6 Å². The molecule has 1 atom stereocenters. The molecule has 25 heavy (non-hydrogen) atoms. The SMILES string of the molecule is Cc1cc(C)nc(N2CCCC(C(=O)NCc3cccc(Cl)c3)C2)n1. The van der Waals surface area contributed by atoms with E-state index in [1.54, 1.807) is 0 Å². The number of rotatable bonds is 4. The molecule has 0 saturated carbocycles. The highest BCUT2D eigenvalue weighted by Gasteiger charge is 2.27. The van der Waals surface area contributed by atoms with E-state index in [9.17, 15) is 4.79 Å². The molecule has 6 heteroatoms. The van der Waals surface area contributed by atoms with Gasteiger partial charge in [-0.2, -0.15) is 0 Å². The molecule has 1 N–H and O–H groups in total. The lowest BCUT2D eigenvalue weighted by Gasteiger charge is -2.32. The van der Waals surface area contributed by atoms with Gasteiger partial charge in [0.25, 0.3) is 0 Å². The lowest BCUT2D eigenvalue weighted by Crippen LogP contribution is -2.43. The van der Waals surface area contributed by atoms with E-state index in [1.807, 2.05) is 44.2 Å². The molecule has 1 fully saturated rings. The molecule has 0 bridgehead atoms. The lowest BCUT2D eigenvalue weighted by molar-refractivity contribution is -0.125. The molecule has 1 aromatic carbocycles. The van der Waals surface area contributed by atoms with Crippen molar-refractivity contribution in [1.82, 2.24) is 15.3 Å². The first kappa shape index (κ1) is 17.7. The van der Waals surface area contributed by atoms with E-state index in [0.717, 1.165) is 42.3 Å². The van der Waals surface area contributed by atoms with Gasteiger partial charge < -0.3 is 10.2 Å². The van der Waals surface area contributed by atoms with Crippen LogP contribution >= 0.6 is 11.6 Å². The van der Waals surface area contributed by atoms with Crippen LogP contribution in [0.3, 0.4) is 0 Å². The van der Waals surface area contributed by atoms with Crippen LogP contribution in [0.15, 0.2) is 30.3 Å². The predicted octanol–water partition coefficient (Wildman–Crippen LogP) is 3.28. The van der Waals surface area contributed by atoms with Crippen LogP contribution in [0, 0.1) is 19.8 Å². The zero-order valence-electron chi connectivity index (χ0n) is 14.6. The Morgan fingerprint density at radius 3 is 2.76 bits per heavy atom. The van der Waals surface area contributed by atoms with Crippen LogP contribution in [-0.4, -0.2) is 29.0 Å². The van der Waals surface area contributed by atoms with Gasteiger partial charge in [-0.25, -0.2) is 9.97 Å². The number of hydrogen-bond donors (Lipinski definition) is 1. The molecule has 2 heterocycles. The maximum absolute atomic E-state index is 12.6. The summed E-state index contributed by atoms with van der Waals surface area (Å²) < 4.78 is 0. The van der Waals surface area contributed by atoms with Gasteiger partial charge in [0.2, 0.25) is 11.9 Å². The molecule has 3 rings (SSSR count). The number of carbonyl (C=O) groups excluding carboxylic acids is 1. The van der Waals surface area contributed by atoms with Crippen molar-refractivity contribution >= 4 is 23.5 Å². The molecule has 132 valence electrons. The van der Waals surface area contributed by atoms with Gasteiger partial charge in [0.15, 0.2) is 0 Å². The second-order valence-electron chi connectivity index (χ2n) is 6.58. The van der Waals surface area contributed by atoms with Crippen molar-refractivity contribution in [2.75, 3.05) is 18.0 Å². The maximum Gasteiger partial charge on any atom is 0.225 e. The van der Waals surface area contributed by atoms with Gasteiger partial charge in [-0.3, -0.25) is 4.79 Å². The number of halogens is 1. The fourth-order valence-electron chi connectivity index (χ4n) is 3.20. The Hall–Kier alpha value is -2.14. The molecule has 1 aliphatic heterocycles. The van der Waals surface area contributed by atoms with Crippen molar-refractivity contribution in [3.63, 3.8) is 0 Å². The van der Waals surface area contributed by atoms with Gasteiger partial charge in [-0.15, -0.1) is 0 Å². The molecule has 1 aromatic heterocycles. The topological polar surface area (TPSA) is 58.1 Å². The fourth-order valence-corrected chi connectivity index (χ4v) is 3.41. The number of anilines is 1. The van der Waals surface area contributed by atoms with Crippen molar-refractivity contribution in [3.05, 3.63) is 52.3 Å². The second kappa shape index (κ2) is 7.83. The van der Waals surface area contributed by atoms with Crippen LogP contribution < -0.4 is 10.2 Å². The molecule has 0 aliphatic carbocycles. The smallest absolute Gasteiger partial charge is 0.225 e. The summed E-state index contributed by atoms with van der Waals surface area (Å²) in [5.74, 6) is 0.760. The van der Waals surface area contributed by atoms with Crippen LogP contribution in [0.25, 0.3) is 0 Å². The van der Waals surface area contributed by atoms with E-state index in [1.165, 1.54) is 0 Å². The summed E-state index contributed by atoms with van der Waals surface area (Å²) in [5.41, 5.74) is 2.91. The molecule has 2 aromatic rings. The van der Waals surface area contributed by atoms with Crippen LogP contribution in [0.1, 0.15) is 29.8 Å². The highest BCUT2D eigenvalue weighted by Crippen LogP contribution is 2.21. The average molecular weight is 359 g/mol. The Labute approximate surface area is 153 Å². The van der Waals surface area contributed by atoms with Crippen molar-refractivity contribution < 1.29 is 4.79 Å². The first-order valence-corrected chi connectivity index (χ1v) is 8.98. The molecule has 1 aliphatic rings. The van der Waals surface area contributed by atoms with Crippen LogP contribution in [0.5, 0.6) is 0 Å². The zero-order valence-corrected chi connectivity index (χ0v) is 15.4. The van der Waals surface area contributed by atoms with Gasteiger partial charge in [0.05, 0.1) is 5.92 Å². The minimum Gasteiger partial charge on any atom is -0.352 e. The monoisotopic (exact) mass is 358 g/mol. The highest BCUT2D eigenvalue weighted by molar-refractivity contribution is 6.30. The Kier molecular flexibility index (Phi) is 5.53. The number of carbonyl (C=O) groups is 1. The van der Waals surface area contributed by atoms with Gasteiger partial charge in [0.1, 0.15) is 0 Å². The van der Waals surface area contributed by atoms with E-state index in [-0.39, 0.29) is 11.8 Å². The number of hydrogen-bond acceptors (Lipinski definition) is 4. The molecule has 1 saturated heterocycles. The third-order valence-electron chi connectivity index (χ3n) is 4.40. The average Bonchev–Trinajstić information content (AvgIpc) is 2.59. The van der Waals surface area contributed by atoms with Crippen molar-refractivity contribution in [1.29, 1.82) is 0 Å². The first-order valence-electron chi connectivity index (χ1n) is 8.60. The summed E-state index contributed by atoms with van der Waals surface area (Å²) in [7, 11) is 0. The first-order chi connectivity index (χ1) is 12.0. The van der Waals surface area contributed by atoms with E-state index in [2.05, 4.69) is 20.2 Å². The number of aryl methyl sites for hydroxylation is 2. The lowest BCUT2D eigenvalue weighted by atomic mass is 9.97. The van der Waals surface area contributed by atoms with Gasteiger partial charge in [-0.1, -0.05) is 23.7 Å². The number of piperidine rings is 1. The molecular formula is C19H23ClN4O. The van der Waals surface area contributed by atoms with Crippen LogP contribution in [0.2, 0.25) is 5.02 Å². The predicted molar refractivity (Wildman–Crippen MR) is 99.7 cm³/mol. The number of amides is 1. The number of nitrogens with one attached hydrogen (secondary N) is 1.